The molecule has 2 aromatic rings. The van der Waals surface area contributed by atoms with E-state index in [0.29, 0.717) is 24.1 Å². The molecule has 1 aromatic heterocycles. The van der Waals surface area contributed by atoms with Crippen LogP contribution in [0.3, 0.4) is 0 Å². The Kier molecular flexibility index (Phi) is 4.91. The van der Waals surface area contributed by atoms with Gasteiger partial charge in [-0.05, 0) is 56.7 Å². The standard InChI is InChI=1S/C19H21ClN4O5S/c1-3-16(25)21-24-17(26)12-8-15(30(28,29)22-19(2)6-7-19)13(20)9-14(12)23(18(24)27)10-11-4-5-11/h3,8-9,11,22H,1,4-7,10H2,2H3,(H,21,25). The fourth-order valence-electron chi connectivity index (χ4n) is 3.23. The smallest absolute Gasteiger partial charge is 0.291 e. The molecule has 2 saturated carbocycles. The third-order valence-corrected chi connectivity index (χ3v) is 7.52. The van der Waals surface area contributed by atoms with Gasteiger partial charge in [0, 0.05) is 12.1 Å². The Morgan fingerprint density at radius 1 is 1.33 bits per heavy atom. The predicted molar refractivity (Wildman–Crippen MR) is 113 cm³/mol. The first-order valence-electron chi connectivity index (χ1n) is 9.51. The van der Waals surface area contributed by atoms with Gasteiger partial charge in [0.15, 0.2) is 0 Å². The zero-order valence-corrected chi connectivity index (χ0v) is 17.8. The summed E-state index contributed by atoms with van der Waals surface area (Å²) in [5.74, 6) is -0.470. The molecule has 4 rings (SSSR count). The number of rotatable bonds is 7. The first kappa shape index (κ1) is 20.8. The fraction of sp³-hybridized carbons (Fsp3) is 0.421. The highest BCUT2D eigenvalue weighted by Gasteiger charge is 2.42. The number of sulfonamides is 1. The molecule has 0 spiro atoms. The maximum atomic E-state index is 13.0. The van der Waals surface area contributed by atoms with E-state index in [1.54, 1.807) is 6.92 Å². The van der Waals surface area contributed by atoms with Gasteiger partial charge in [0.25, 0.3) is 11.5 Å². The Morgan fingerprint density at radius 3 is 2.57 bits per heavy atom. The van der Waals surface area contributed by atoms with Crippen molar-refractivity contribution >= 4 is 38.4 Å². The normalized spacial score (nSPS) is 17.7. The van der Waals surface area contributed by atoms with E-state index in [1.807, 2.05) is 0 Å². The lowest BCUT2D eigenvalue weighted by molar-refractivity contribution is -0.112. The van der Waals surface area contributed by atoms with Crippen LogP contribution in [0.25, 0.3) is 10.9 Å². The van der Waals surface area contributed by atoms with Crippen molar-refractivity contribution in [2.75, 3.05) is 5.43 Å². The molecule has 0 bridgehead atoms. The molecule has 11 heteroatoms. The number of hydrogen-bond acceptors (Lipinski definition) is 5. The number of hydrogen-bond donors (Lipinski definition) is 2. The van der Waals surface area contributed by atoms with Gasteiger partial charge in [-0.3, -0.25) is 19.6 Å². The average Bonchev–Trinajstić information content (AvgIpc) is 3.60. The number of carbonyl (C=O) groups excluding carboxylic acids is 1. The van der Waals surface area contributed by atoms with Crippen LogP contribution in [0, 0.1) is 5.92 Å². The minimum atomic E-state index is -3.99. The maximum Gasteiger partial charge on any atom is 0.350 e. The summed E-state index contributed by atoms with van der Waals surface area (Å²) in [7, 11) is -3.99. The van der Waals surface area contributed by atoms with Crippen LogP contribution in [0.15, 0.2) is 39.3 Å². The molecule has 2 aliphatic carbocycles. The minimum absolute atomic E-state index is 0.0367. The summed E-state index contributed by atoms with van der Waals surface area (Å²) in [5, 5.41) is -0.124. The van der Waals surface area contributed by atoms with Crippen LogP contribution in [-0.2, 0) is 21.4 Å². The lowest BCUT2D eigenvalue weighted by atomic mass is 10.2. The second-order valence-electron chi connectivity index (χ2n) is 8.12. The van der Waals surface area contributed by atoms with Gasteiger partial charge in [-0.15, -0.1) is 0 Å². The van der Waals surface area contributed by atoms with Gasteiger partial charge in [0.2, 0.25) is 10.0 Å². The van der Waals surface area contributed by atoms with Crippen LogP contribution >= 0.6 is 11.6 Å². The summed E-state index contributed by atoms with van der Waals surface area (Å²) < 4.78 is 30.2. The largest absolute Gasteiger partial charge is 0.350 e. The van der Waals surface area contributed by atoms with E-state index in [2.05, 4.69) is 16.7 Å². The second kappa shape index (κ2) is 7.07. The van der Waals surface area contributed by atoms with Crippen molar-refractivity contribution in [2.24, 2.45) is 5.92 Å². The molecule has 1 amide bonds. The van der Waals surface area contributed by atoms with E-state index in [9.17, 15) is 22.8 Å². The monoisotopic (exact) mass is 452 g/mol. The molecule has 0 radical (unpaired) electrons. The Bertz CT molecular complexity index is 1300. The Labute approximate surface area is 177 Å². The van der Waals surface area contributed by atoms with Crippen LogP contribution in [0.2, 0.25) is 5.02 Å². The number of benzene rings is 1. The van der Waals surface area contributed by atoms with Gasteiger partial charge in [-0.25, -0.2) is 17.9 Å². The first-order chi connectivity index (χ1) is 14.0. The number of amides is 1. The number of fused-ring (bicyclic) bond motifs is 1. The van der Waals surface area contributed by atoms with Gasteiger partial charge in [-0.1, -0.05) is 18.2 Å². The van der Waals surface area contributed by atoms with Gasteiger partial charge < -0.3 is 0 Å². The molecule has 2 fully saturated rings. The second-order valence-corrected chi connectivity index (χ2v) is 10.2. The number of aromatic nitrogens is 2. The Balaban J connectivity index is 1.95. The SMILES string of the molecule is C=CC(=O)Nn1c(=O)c2cc(S(=O)(=O)NC3(C)CC3)c(Cl)cc2n(CC2CC2)c1=O. The molecule has 0 atom stereocenters. The first-order valence-corrected chi connectivity index (χ1v) is 11.4. The minimum Gasteiger partial charge on any atom is -0.291 e. The molecule has 0 saturated heterocycles. The number of nitrogens with zero attached hydrogens (tertiary/aromatic N) is 2. The zero-order valence-electron chi connectivity index (χ0n) is 16.3. The molecule has 2 aliphatic rings. The molecular weight excluding hydrogens is 432 g/mol. The van der Waals surface area contributed by atoms with Crippen molar-refractivity contribution in [3.8, 4) is 0 Å². The van der Waals surface area contributed by atoms with E-state index in [-0.39, 0.29) is 26.7 Å². The Morgan fingerprint density at radius 2 is 2.00 bits per heavy atom. The van der Waals surface area contributed by atoms with Crippen molar-refractivity contribution in [1.82, 2.24) is 14.0 Å². The van der Waals surface area contributed by atoms with E-state index in [1.165, 1.54) is 10.6 Å². The lowest BCUT2D eigenvalue weighted by Crippen LogP contribution is -2.46. The third-order valence-electron chi connectivity index (χ3n) is 5.41. The van der Waals surface area contributed by atoms with E-state index in [4.69, 9.17) is 11.6 Å². The van der Waals surface area contributed by atoms with Gasteiger partial charge in [0.05, 0.1) is 15.9 Å². The van der Waals surface area contributed by atoms with Crippen molar-refractivity contribution in [2.45, 2.75) is 49.6 Å². The van der Waals surface area contributed by atoms with Gasteiger partial charge in [-0.2, -0.15) is 4.68 Å². The lowest BCUT2D eigenvalue weighted by Gasteiger charge is -2.17. The molecule has 30 heavy (non-hydrogen) atoms. The van der Waals surface area contributed by atoms with Crippen LogP contribution in [0.4, 0.5) is 0 Å². The summed E-state index contributed by atoms with van der Waals surface area (Å²) in [6.45, 7) is 5.43. The van der Waals surface area contributed by atoms with E-state index in [0.717, 1.165) is 25.0 Å². The summed E-state index contributed by atoms with van der Waals surface area (Å²) in [5.41, 5.74) is 0.312. The van der Waals surface area contributed by atoms with Gasteiger partial charge >= 0.3 is 5.69 Å². The number of carbonyl (C=O) groups is 1. The molecule has 1 aromatic carbocycles. The zero-order chi connectivity index (χ0) is 21.8. The summed E-state index contributed by atoms with van der Waals surface area (Å²) in [6.07, 6.45) is 4.22. The Hall–Kier alpha value is -2.43. The highest BCUT2D eigenvalue weighted by molar-refractivity contribution is 7.89. The van der Waals surface area contributed by atoms with E-state index >= 15 is 0 Å². The number of nitrogens with one attached hydrogen (secondary N) is 2. The van der Waals surface area contributed by atoms with E-state index < -0.39 is 32.7 Å². The van der Waals surface area contributed by atoms with Crippen LogP contribution in [0.5, 0.6) is 0 Å². The molecular formula is C19H21ClN4O5S. The molecule has 0 unspecified atom stereocenters. The average molecular weight is 453 g/mol. The molecule has 9 nitrogen and oxygen atoms in total. The fourth-order valence-corrected chi connectivity index (χ4v) is 5.25. The van der Waals surface area contributed by atoms with Crippen molar-refractivity contribution in [3.05, 3.63) is 50.6 Å². The molecule has 160 valence electrons. The van der Waals surface area contributed by atoms with Crippen molar-refractivity contribution in [1.29, 1.82) is 0 Å². The molecule has 2 N–H and O–H groups in total. The maximum absolute atomic E-state index is 13.0. The highest BCUT2D eigenvalue weighted by Crippen LogP contribution is 2.37. The molecule has 1 heterocycles. The van der Waals surface area contributed by atoms with Crippen molar-refractivity contribution < 1.29 is 13.2 Å². The van der Waals surface area contributed by atoms with Crippen LogP contribution in [-0.4, -0.2) is 29.1 Å². The molecule has 0 aliphatic heterocycles. The quantitative estimate of drug-likeness (QED) is 0.614. The topological polar surface area (TPSA) is 119 Å². The third kappa shape index (κ3) is 3.82. The summed E-state index contributed by atoms with van der Waals surface area (Å²) in [6, 6.07) is 2.49. The number of halogens is 1. The summed E-state index contributed by atoms with van der Waals surface area (Å²) in [4.78, 5) is 37.4. The van der Waals surface area contributed by atoms with Crippen LogP contribution < -0.4 is 21.4 Å². The summed E-state index contributed by atoms with van der Waals surface area (Å²) >= 11 is 6.29. The van der Waals surface area contributed by atoms with Crippen molar-refractivity contribution in [3.63, 3.8) is 0 Å². The van der Waals surface area contributed by atoms with Crippen LogP contribution in [0.1, 0.15) is 32.6 Å². The van der Waals surface area contributed by atoms with Gasteiger partial charge in [0.1, 0.15) is 4.90 Å². The highest BCUT2D eigenvalue weighted by atomic mass is 35.5. The predicted octanol–water partition coefficient (Wildman–Crippen LogP) is 1.31.